The average Bonchev–Trinajstić information content (AvgIpc) is 2.72. The SMILES string of the molecule is CC1CCCC1CNC1CCCC1O. The molecule has 0 aromatic heterocycles. The Hall–Kier alpha value is -0.0800. The Balaban J connectivity index is 1.71. The molecular formula is C12H23NO. The molecule has 14 heavy (non-hydrogen) atoms. The maximum atomic E-state index is 9.67. The summed E-state index contributed by atoms with van der Waals surface area (Å²) in [5.74, 6) is 1.75. The Morgan fingerprint density at radius 2 is 1.93 bits per heavy atom. The molecule has 2 nitrogen and oxygen atoms in total. The Kier molecular flexibility index (Phi) is 3.45. The topological polar surface area (TPSA) is 32.3 Å². The van der Waals surface area contributed by atoms with E-state index in [0.717, 1.165) is 24.8 Å². The third kappa shape index (κ3) is 2.29. The van der Waals surface area contributed by atoms with Crippen LogP contribution in [0, 0.1) is 11.8 Å². The van der Waals surface area contributed by atoms with E-state index >= 15 is 0 Å². The molecule has 2 heteroatoms. The molecule has 0 bridgehead atoms. The second-order valence-electron chi connectivity index (χ2n) is 5.18. The lowest BCUT2D eigenvalue weighted by Crippen LogP contribution is -2.39. The van der Waals surface area contributed by atoms with E-state index in [2.05, 4.69) is 12.2 Å². The van der Waals surface area contributed by atoms with Crippen LogP contribution in [0.3, 0.4) is 0 Å². The molecule has 2 rings (SSSR count). The van der Waals surface area contributed by atoms with Gasteiger partial charge in [0.25, 0.3) is 0 Å². The van der Waals surface area contributed by atoms with E-state index in [1.54, 1.807) is 0 Å². The van der Waals surface area contributed by atoms with E-state index in [9.17, 15) is 5.11 Å². The molecule has 0 radical (unpaired) electrons. The highest BCUT2D eigenvalue weighted by Crippen LogP contribution is 2.31. The van der Waals surface area contributed by atoms with Gasteiger partial charge >= 0.3 is 0 Å². The molecule has 0 aromatic rings. The van der Waals surface area contributed by atoms with Gasteiger partial charge in [-0.15, -0.1) is 0 Å². The first-order valence-electron chi connectivity index (χ1n) is 6.19. The fourth-order valence-electron chi connectivity index (χ4n) is 3.01. The molecule has 0 spiro atoms. The summed E-state index contributed by atoms with van der Waals surface area (Å²) in [7, 11) is 0. The molecule has 0 heterocycles. The lowest BCUT2D eigenvalue weighted by molar-refractivity contribution is 0.145. The lowest BCUT2D eigenvalue weighted by atomic mass is 9.98. The van der Waals surface area contributed by atoms with Gasteiger partial charge in [-0.3, -0.25) is 0 Å². The zero-order valence-corrected chi connectivity index (χ0v) is 9.21. The van der Waals surface area contributed by atoms with Crippen molar-refractivity contribution >= 4 is 0 Å². The zero-order chi connectivity index (χ0) is 9.97. The van der Waals surface area contributed by atoms with E-state index in [4.69, 9.17) is 0 Å². The maximum absolute atomic E-state index is 9.67. The molecule has 2 aliphatic rings. The largest absolute Gasteiger partial charge is 0.392 e. The molecule has 0 aliphatic heterocycles. The van der Waals surface area contributed by atoms with Crippen LogP contribution in [0.25, 0.3) is 0 Å². The molecule has 0 aromatic carbocycles. The molecule has 2 aliphatic carbocycles. The van der Waals surface area contributed by atoms with Gasteiger partial charge in [-0.05, 0) is 44.1 Å². The zero-order valence-electron chi connectivity index (χ0n) is 9.21. The van der Waals surface area contributed by atoms with Crippen LogP contribution in [-0.4, -0.2) is 23.8 Å². The normalized spacial score (nSPS) is 43.3. The highest BCUT2D eigenvalue weighted by atomic mass is 16.3. The summed E-state index contributed by atoms with van der Waals surface area (Å²) >= 11 is 0. The first-order valence-corrected chi connectivity index (χ1v) is 6.19. The van der Waals surface area contributed by atoms with E-state index in [0.29, 0.717) is 6.04 Å². The molecule has 0 amide bonds. The number of nitrogens with one attached hydrogen (secondary N) is 1. The van der Waals surface area contributed by atoms with Crippen molar-refractivity contribution in [2.75, 3.05) is 6.54 Å². The van der Waals surface area contributed by atoms with Gasteiger partial charge in [0.2, 0.25) is 0 Å². The minimum Gasteiger partial charge on any atom is -0.392 e. The number of rotatable bonds is 3. The molecule has 4 unspecified atom stereocenters. The second-order valence-corrected chi connectivity index (χ2v) is 5.18. The van der Waals surface area contributed by atoms with Gasteiger partial charge in [0.15, 0.2) is 0 Å². The van der Waals surface area contributed by atoms with E-state index in [-0.39, 0.29) is 6.10 Å². The predicted molar refractivity (Wildman–Crippen MR) is 58.2 cm³/mol. The second kappa shape index (κ2) is 4.63. The van der Waals surface area contributed by atoms with Gasteiger partial charge in [0.05, 0.1) is 6.10 Å². The number of aliphatic hydroxyl groups is 1. The van der Waals surface area contributed by atoms with Crippen LogP contribution in [0.5, 0.6) is 0 Å². The monoisotopic (exact) mass is 197 g/mol. The molecular weight excluding hydrogens is 174 g/mol. The van der Waals surface area contributed by atoms with Crippen LogP contribution in [0.15, 0.2) is 0 Å². The third-order valence-electron chi connectivity index (χ3n) is 4.16. The summed E-state index contributed by atoms with van der Waals surface area (Å²) in [6, 6.07) is 0.391. The van der Waals surface area contributed by atoms with E-state index in [1.165, 1.54) is 32.1 Å². The smallest absolute Gasteiger partial charge is 0.0693 e. The quantitative estimate of drug-likeness (QED) is 0.724. The van der Waals surface area contributed by atoms with Crippen molar-refractivity contribution in [1.29, 1.82) is 0 Å². The van der Waals surface area contributed by atoms with Crippen molar-refractivity contribution in [3.8, 4) is 0 Å². The van der Waals surface area contributed by atoms with Crippen LogP contribution in [0.4, 0.5) is 0 Å². The Labute approximate surface area is 87.1 Å². The van der Waals surface area contributed by atoms with Gasteiger partial charge in [-0.25, -0.2) is 0 Å². The predicted octanol–water partition coefficient (Wildman–Crippen LogP) is 1.93. The summed E-state index contributed by atoms with van der Waals surface area (Å²) in [5.41, 5.74) is 0. The molecule has 4 atom stereocenters. The average molecular weight is 197 g/mol. The van der Waals surface area contributed by atoms with Crippen molar-refractivity contribution in [2.45, 2.75) is 57.6 Å². The number of aliphatic hydroxyl groups excluding tert-OH is 1. The van der Waals surface area contributed by atoms with Gasteiger partial charge in [-0.2, -0.15) is 0 Å². The summed E-state index contributed by atoms with van der Waals surface area (Å²) in [6.45, 7) is 3.49. The van der Waals surface area contributed by atoms with Gasteiger partial charge in [-0.1, -0.05) is 19.8 Å². The van der Waals surface area contributed by atoms with Crippen molar-refractivity contribution in [2.24, 2.45) is 11.8 Å². The van der Waals surface area contributed by atoms with E-state index in [1.807, 2.05) is 0 Å². The lowest BCUT2D eigenvalue weighted by Gasteiger charge is -2.21. The maximum Gasteiger partial charge on any atom is 0.0693 e. The van der Waals surface area contributed by atoms with Gasteiger partial charge in [0, 0.05) is 6.04 Å². The van der Waals surface area contributed by atoms with E-state index < -0.39 is 0 Å². The van der Waals surface area contributed by atoms with Crippen LogP contribution >= 0.6 is 0 Å². The first kappa shape index (κ1) is 10.4. The van der Waals surface area contributed by atoms with Crippen LogP contribution in [-0.2, 0) is 0 Å². The summed E-state index contributed by atoms with van der Waals surface area (Å²) in [5, 5.41) is 13.2. The highest BCUT2D eigenvalue weighted by molar-refractivity contribution is 4.85. The standard InChI is InChI=1S/C12H23NO/c1-9-4-2-5-10(9)8-13-11-6-3-7-12(11)14/h9-14H,2-8H2,1H3. The number of hydrogen-bond donors (Lipinski definition) is 2. The molecule has 2 saturated carbocycles. The fraction of sp³-hybridized carbons (Fsp3) is 1.00. The number of hydrogen-bond acceptors (Lipinski definition) is 2. The minimum atomic E-state index is -0.0771. The molecule has 82 valence electrons. The first-order chi connectivity index (χ1) is 6.77. The van der Waals surface area contributed by atoms with Crippen LogP contribution in [0.1, 0.15) is 45.4 Å². The highest BCUT2D eigenvalue weighted by Gasteiger charge is 2.28. The molecule has 0 saturated heterocycles. The van der Waals surface area contributed by atoms with Crippen molar-refractivity contribution in [3.63, 3.8) is 0 Å². The Morgan fingerprint density at radius 1 is 1.14 bits per heavy atom. The third-order valence-corrected chi connectivity index (χ3v) is 4.16. The summed E-state index contributed by atoms with van der Waals surface area (Å²) in [4.78, 5) is 0. The van der Waals surface area contributed by atoms with Crippen LogP contribution in [0.2, 0.25) is 0 Å². The van der Waals surface area contributed by atoms with Crippen molar-refractivity contribution < 1.29 is 5.11 Å². The fourth-order valence-corrected chi connectivity index (χ4v) is 3.01. The summed E-state index contributed by atoms with van der Waals surface area (Å²) in [6.07, 6.45) is 7.47. The van der Waals surface area contributed by atoms with Crippen molar-refractivity contribution in [1.82, 2.24) is 5.32 Å². The van der Waals surface area contributed by atoms with Gasteiger partial charge in [0.1, 0.15) is 0 Å². The Bertz CT molecular complexity index is 163. The van der Waals surface area contributed by atoms with Gasteiger partial charge < -0.3 is 10.4 Å². The minimum absolute atomic E-state index is 0.0771. The van der Waals surface area contributed by atoms with Crippen molar-refractivity contribution in [3.05, 3.63) is 0 Å². The van der Waals surface area contributed by atoms with Crippen LogP contribution < -0.4 is 5.32 Å². The molecule has 2 fully saturated rings. The Morgan fingerprint density at radius 3 is 2.50 bits per heavy atom. The molecule has 2 N–H and O–H groups in total. The summed E-state index contributed by atoms with van der Waals surface area (Å²) < 4.78 is 0.